The summed E-state index contributed by atoms with van der Waals surface area (Å²) in [6.45, 7) is 0.671. The number of halogens is 1. The molecule has 0 saturated carbocycles. The summed E-state index contributed by atoms with van der Waals surface area (Å²) in [6.07, 6.45) is 0.872. The number of carbonyl (C=O) groups is 3. The fraction of sp³-hybridized carbons (Fsp3) is 0.250. The lowest BCUT2D eigenvalue weighted by Gasteiger charge is -2.10. The largest absolute Gasteiger partial charge is 0.478 e. The summed E-state index contributed by atoms with van der Waals surface area (Å²) in [7, 11) is 0. The van der Waals surface area contributed by atoms with Gasteiger partial charge in [0.05, 0.1) is 15.9 Å². The highest BCUT2D eigenvalue weighted by molar-refractivity contribution is 14.1. The number of rotatable bonds is 11. The minimum Gasteiger partial charge on any atom is -0.478 e. The van der Waals surface area contributed by atoms with Crippen molar-refractivity contribution in [3.05, 3.63) is 53.6 Å². The van der Waals surface area contributed by atoms with E-state index < -0.39 is 11.9 Å². The van der Waals surface area contributed by atoms with Crippen LogP contribution in [0.4, 0.5) is 17.1 Å². The smallest absolute Gasteiger partial charge is 0.335 e. The van der Waals surface area contributed by atoms with E-state index in [1.807, 2.05) is 0 Å². The van der Waals surface area contributed by atoms with Gasteiger partial charge in [0, 0.05) is 29.2 Å². The molecule has 2 aromatic rings. The van der Waals surface area contributed by atoms with Gasteiger partial charge in [-0.15, -0.1) is 0 Å². The number of benzene rings is 2. The molecule has 0 aliphatic rings. The second kappa shape index (κ2) is 12.4. The summed E-state index contributed by atoms with van der Waals surface area (Å²) >= 11 is 3.64. The van der Waals surface area contributed by atoms with Crippen LogP contribution in [0.2, 0.25) is 0 Å². The van der Waals surface area contributed by atoms with Crippen LogP contribution in [0, 0.1) is 0 Å². The Bertz CT molecular complexity index is 893. The summed E-state index contributed by atoms with van der Waals surface area (Å²) in [5, 5.41) is 14.3. The van der Waals surface area contributed by atoms with Gasteiger partial charge in [-0.05, 0) is 54.6 Å². The zero-order valence-corrected chi connectivity index (χ0v) is 19.0. The van der Waals surface area contributed by atoms with Crippen LogP contribution in [-0.2, 0) is 9.53 Å². The van der Waals surface area contributed by atoms with E-state index in [0.717, 1.165) is 12.2 Å². The zero-order chi connectivity index (χ0) is 21.9. The third-order valence-electron chi connectivity index (χ3n) is 3.78. The first kappa shape index (κ1) is 24.0. The van der Waals surface area contributed by atoms with Crippen molar-refractivity contribution >= 4 is 69.2 Å². The van der Waals surface area contributed by atoms with Crippen molar-refractivity contribution in [1.82, 2.24) is 0 Å². The maximum atomic E-state index is 12.5. The molecular formula is C20H22IN3O5S. The Morgan fingerprint density at radius 1 is 1.03 bits per heavy atom. The lowest BCUT2D eigenvalue weighted by Crippen LogP contribution is -2.17. The average Bonchev–Trinajstić information content (AvgIpc) is 2.70. The second-order valence-corrected chi connectivity index (χ2v) is 7.88. The number of anilines is 3. The molecule has 0 fully saturated rings. The molecule has 0 saturated heterocycles. The van der Waals surface area contributed by atoms with Gasteiger partial charge in [0.25, 0.3) is 5.91 Å². The van der Waals surface area contributed by atoms with Crippen molar-refractivity contribution in [3.63, 3.8) is 0 Å². The van der Waals surface area contributed by atoms with E-state index in [0.29, 0.717) is 28.3 Å². The van der Waals surface area contributed by atoms with Gasteiger partial charge in [-0.1, -0.05) is 22.6 Å². The monoisotopic (exact) mass is 543 g/mol. The number of nitrogens with one attached hydrogen (secondary N) is 2. The van der Waals surface area contributed by atoms with Crippen LogP contribution >= 0.6 is 34.4 Å². The summed E-state index contributed by atoms with van der Waals surface area (Å²) in [4.78, 5) is 35.5. The number of aromatic carboxylic acids is 1. The Balaban J connectivity index is 1.92. The van der Waals surface area contributed by atoms with Crippen molar-refractivity contribution in [2.24, 2.45) is 0 Å². The number of alkyl halides is 1. The zero-order valence-electron chi connectivity index (χ0n) is 16.0. The molecule has 2 rings (SSSR count). The van der Waals surface area contributed by atoms with E-state index in [4.69, 9.17) is 15.6 Å². The van der Waals surface area contributed by atoms with E-state index in [9.17, 15) is 14.4 Å². The van der Waals surface area contributed by atoms with Crippen LogP contribution in [0.3, 0.4) is 0 Å². The molecule has 2 amide bonds. The molecule has 0 atom stereocenters. The Morgan fingerprint density at radius 3 is 2.43 bits per heavy atom. The highest BCUT2D eigenvalue weighted by Gasteiger charge is 2.11. The lowest BCUT2D eigenvalue weighted by atomic mass is 10.1. The highest BCUT2D eigenvalue weighted by atomic mass is 127. The van der Waals surface area contributed by atoms with E-state index >= 15 is 0 Å². The van der Waals surface area contributed by atoms with Crippen molar-refractivity contribution in [2.75, 3.05) is 39.1 Å². The van der Waals surface area contributed by atoms with Gasteiger partial charge in [-0.2, -0.15) is 11.8 Å². The number of nitrogen functional groups attached to an aromatic ring is 1. The van der Waals surface area contributed by atoms with Gasteiger partial charge >= 0.3 is 5.97 Å². The summed E-state index contributed by atoms with van der Waals surface area (Å²) in [6, 6.07) is 10.4. The molecule has 160 valence electrons. The number of carbonyl (C=O) groups excluding carboxylic acids is 2. The fourth-order valence-electron chi connectivity index (χ4n) is 2.43. The SMILES string of the molecule is Nc1cc(NC(=O)CSCCCOCI)cc(C(=O)Nc2ccc(C(=O)O)cc2)c1. The predicted octanol–water partition coefficient (Wildman–Crippen LogP) is 3.69. The number of carboxylic acids is 1. The molecule has 0 spiro atoms. The molecule has 0 unspecified atom stereocenters. The molecule has 0 heterocycles. The van der Waals surface area contributed by atoms with Crippen LogP contribution in [-0.4, -0.2) is 45.6 Å². The third kappa shape index (κ3) is 8.20. The van der Waals surface area contributed by atoms with Crippen molar-refractivity contribution in [2.45, 2.75) is 6.42 Å². The van der Waals surface area contributed by atoms with Crippen LogP contribution in [0.5, 0.6) is 0 Å². The predicted molar refractivity (Wildman–Crippen MR) is 128 cm³/mol. The van der Waals surface area contributed by atoms with Crippen molar-refractivity contribution in [3.8, 4) is 0 Å². The normalized spacial score (nSPS) is 10.4. The Hall–Kier alpha value is -2.31. The Kier molecular flexibility index (Phi) is 9.91. The average molecular weight is 543 g/mol. The van der Waals surface area contributed by atoms with Crippen molar-refractivity contribution < 1.29 is 24.2 Å². The molecule has 30 heavy (non-hydrogen) atoms. The lowest BCUT2D eigenvalue weighted by molar-refractivity contribution is -0.113. The van der Waals surface area contributed by atoms with Crippen LogP contribution in [0.15, 0.2) is 42.5 Å². The molecule has 0 aliphatic carbocycles. The minimum atomic E-state index is -1.05. The quantitative estimate of drug-likeness (QED) is 0.147. The standard InChI is InChI=1S/C20H22IN3O5S/c21-12-29-6-1-7-30-11-18(25)23-17-9-14(8-15(22)10-17)19(26)24-16-4-2-13(3-5-16)20(27)28/h2-5,8-10H,1,6-7,11-12,22H2,(H,23,25)(H,24,26)(H,27,28). The number of nitrogens with two attached hydrogens (primary N) is 1. The number of carboxylic acid groups (broad SMARTS) is 1. The van der Waals surface area contributed by atoms with Gasteiger partial charge in [0.2, 0.25) is 5.91 Å². The number of ether oxygens (including phenoxy) is 1. The van der Waals surface area contributed by atoms with Crippen molar-refractivity contribution in [1.29, 1.82) is 0 Å². The molecule has 0 radical (unpaired) electrons. The Labute approximate surface area is 192 Å². The summed E-state index contributed by atoms with van der Waals surface area (Å²) in [5.74, 6) is -0.552. The molecule has 0 aromatic heterocycles. The molecular weight excluding hydrogens is 521 g/mol. The van der Waals surface area contributed by atoms with Crippen LogP contribution in [0.1, 0.15) is 27.1 Å². The maximum absolute atomic E-state index is 12.5. The second-order valence-electron chi connectivity index (χ2n) is 6.15. The molecule has 10 heteroatoms. The van der Waals surface area contributed by atoms with Crippen LogP contribution < -0.4 is 16.4 Å². The summed E-state index contributed by atoms with van der Waals surface area (Å²) < 4.78 is 5.89. The molecule has 8 nitrogen and oxygen atoms in total. The van der Waals surface area contributed by atoms with E-state index in [1.54, 1.807) is 6.07 Å². The number of hydrogen-bond acceptors (Lipinski definition) is 6. The molecule has 0 aliphatic heterocycles. The van der Waals surface area contributed by atoms with Gasteiger partial charge in [-0.25, -0.2) is 4.79 Å². The fourth-order valence-corrected chi connectivity index (χ4v) is 3.47. The topological polar surface area (TPSA) is 131 Å². The van der Waals surface area contributed by atoms with E-state index in [2.05, 4.69) is 33.2 Å². The number of amides is 2. The number of hydrogen-bond donors (Lipinski definition) is 4. The van der Waals surface area contributed by atoms with E-state index in [-0.39, 0.29) is 22.8 Å². The maximum Gasteiger partial charge on any atom is 0.335 e. The molecule has 5 N–H and O–H groups in total. The minimum absolute atomic E-state index is 0.123. The van der Waals surface area contributed by atoms with Gasteiger partial charge in [0.1, 0.15) is 0 Å². The van der Waals surface area contributed by atoms with Gasteiger partial charge in [-0.3, -0.25) is 9.59 Å². The third-order valence-corrected chi connectivity index (χ3v) is 5.26. The first-order chi connectivity index (χ1) is 14.4. The first-order valence-electron chi connectivity index (χ1n) is 8.95. The number of thioether (sulfide) groups is 1. The van der Waals surface area contributed by atoms with Crippen LogP contribution in [0.25, 0.3) is 0 Å². The highest BCUT2D eigenvalue weighted by Crippen LogP contribution is 2.19. The first-order valence-corrected chi connectivity index (χ1v) is 11.6. The summed E-state index contributed by atoms with van der Waals surface area (Å²) in [5.41, 5.74) is 7.48. The van der Waals surface area contributed by atoms with Gasteiger partial charge < -0.3 is 26.2 Å². The Morgan fingerprint density at radius 2 is 1.77 bits per heavy atom. The molecule has 2 aromatic carbocycles. The van der Waals surface area contributed by atoms with E-state index in [1.165, 1.54) is 48.2 Å². The van der Waals surface area contributed by atoms with Gasteiger partial charge in [0.15, 0.2) is 0 Å². The molecule has 0 bridgehead atoms.